The molecule has 2 aliphatic heterocycles. The first kappa shape index (κ1) is 25.2. The summed E-state index contributed by atoms with van der Waals surface area (Å²) in [6.07, 6.45) is 10.5. The van der Waals surface area contributed by atoms with Gasteiger partial charge in [0.25, 0.3) is 0 Å². The summed E-state index contributed by atoms with van der Waals surface area (Å²) < 4.78 is 26.0. The molecular weight excluding hydrogens is 483 g/mol. The highest BCUT2D eigenvalue weighted by atomic mass is 19.1. The molecule has 0 atom stereocenters. The number of hydrogen-bond donors (Lipinski definition) is 1. The number of nitrogens with zero attached hydrogens (tertiary/aromatic N) is 5. The Hall–Kier alpha value is -3.04. The van der Waals surface area contributed by atoms with Crippen LogP contribution in [0, 0.1) is 5.82 Å². The Morgan fingerprint density at radius 1 is 1.08 bits per heavy atom. The van der Waals surface area contributed by atoms with Crippen molar-refractivity contribution >= 4 is 22.4 Å². The monoisotopic (exact) mass is 520 g/mol. The van der Waals surface area contributed by atoms with Crippen molar-refractivity contribution in [2.45, 2.75) is 57.6 Å². The quantitative estimate of drug-likeness (QED) is 0.418. The molecule has 1 N–H and O–H groups in total. The van der Waals surface area contributed by atoms with E-state index in [0.29, 0.717) is 24.8 Å². The molecular formula is C29H37FN6O2. The van der Waals surface area contributed by atoms with Crippen LogP contribution in [0.3, 0.4) is 0 Å². The van der Waals surface area contributed by atoms with Gasteiger partial charge in [0.05, 0.1) is 43.4 Å². The van der Waals surface area contributed by atoms with Gasteiger partial charge in [0.2, 0.25) is 5.88 Å². The number of anilines is 2. The number of fused-ring (bicyclic) bond motifs is 2. The van der Waals surface area contributed by atoms with E-state index in [1.807, 2.05) is 0 Å². The molecule has 0 radical (unpaired) electrons. The van der Waals surface area contributed by atoms with Crippen molar-refractivity contribution in [3.63, 3.8) is 0 Å². The second kappa shape index (κ2) is 11.4. The Labute approximate surface area is 223 Å². The summed E-state index contributed by atoms with van der Waals surface area (Å²) in [5.74, 6) is 0.341. The number of aryl methyl sites for hydroxylation is 1. The van der Waals surface area contributed by atoms with Crippen LogP contribution in [0.4, 0.5) is 15.8 Å². The van der Waals surface area contributed by atoms with E-state index in [9.17, 15) is 4.39 Å². The van der Waals surface area contributed by atoms with Crippen molar-refractivity contribution < 1.29 is 13.9 Å². The Kier molecular flexibility index (Phi) is 7.56. The van der Waals surface area contributed by atoms with Crippen LogP contribution in [0.2, 0.25) is 0 Å². The summed E-state index contributed by atoms with van der Waals surface area (Å²) in [4.78, 5) is 18.4. The third-order valence-corrected chi connectivity index (χ3v) is 8.16. The van der Waals surface area contributed by atoms with E-state index in [1.54, 1.807) is 19.4 Å². The van der Waals surface area contributed by atoms with Gasteiger partial charge in [-0.1, -0.05) is 0 Å². The second-order valence-electron chi connectivity index (χ2n) is 10.6. The van der Waals surface area contributed by atoms with E-state index in [2.05, 4.69) is 26.2 Å². The molecule has 0 unspecified atom stereocenters. The number of ether oxygens (including phenoxy) is 2. The number of pyridine rings is 3. The highest BCUT2D eigenvalue weighted by molar-refractivity contribution is 5.91. The first-order valence-corrected chi connectivity index (χ1v) is 14.0. The third-order valence-electron chi connectivity index (χ3n) is 8.16. The number of nitrogens with one attached hydrogen (secondary N) is 1. The predicted octanol–water partition coefficient (Wildman–Crippen LogP) is 4.35. The molecule has 0 bridgehead atoms. The van der Waals surface area contributed by atoms with Gasteiger partial charge in [0, 0.05) is 43.1 Å². The molecule has 2 saturated heterocycles. The maximum Gasteiger partial charge on any atom is 0.219 e. The zero-order chi connectivity index (χ0) is 25.9. The summed E-state index contributed by atoms with van der Waals surface area (Å²) in [6.45, 7) is 6.07. The largest absolute Gasteiger partial charge is 0.481 e. The van der Waals surface area contributed by atoms with Crippen molar-refractivity contribution in [2.24, 2.45) is 0 Å². The molecule has 3 aromatic rings. The molecule has 8 nitrogen and oxygen atoms in total. The summed E-state index contributed by atoms with van der Waals surface area (Å²) >= 11 is 0. The van der Waals surface area contributed by atoms with Crippen LogP contribution >= 0.6 is 0 Å². The maximum atomic E-state index is 14.3. The summed E-state index contributed by atoms with van der Waals surface area (Å²) in [5, 5.41) is 3.84. The summed E-state index contributed by atoms with van der Waals surface area (Å²) in [6, 6.07) is 4.14. The minimum absolute atomic E-state index is 0.260. The number of hydrogen-bond acceptors (Lipinski definition) is 8. The molecule has 1 aliphatic carbocycles. The molecule has 0 aromatic carbocycles. The Morgan fingerprint density at radius 3 is 2.71 bits per heavy atom. The Bertz CT molecular complexity index is 1270. The average Bonchev–Trinajstić information content (AvgIpc) is 3.64. The second-order valence-corrected chi connectivity index (χ2v) is 10.6. The first-order valence-electron chi connectivity index (χ1n) is 14.0. The number of halogens is 1. The van der Waals surface area contributed by atoms with E-state index < -0.39 is 0 Å². The molecule has 0 saturated carbocycles. The van der Waals surface area contributed by atoms with Gasteiger partial charge < -0.3 is 24.6 Å². The number of methoxy groups -OCH3 is 1. The van der Waals surface area contributed by atoms with Crippen LogP contribution in [0.15, 0.2) is 24.5 Å². The van der Waals surface area contributed by atoms with Crippen molar-refractivity contribution in [3.05, 3.63) is 47.2 Å². The minimum atomic E-state index is -0.260. The molecule has 3 aromatic heterocycles. The molecule has 38 heavy (non-hydrogen) atoms. The topological polar surface area (TPSA) is 75.6 Å². The van der Waals surface area contributed by atoms with Crippen LogP contribution in [-0.4, -0.2) is 72.3 Å². The molecule has 9 heteroatoms. The summed E-state index contributed by atoms with van der Waals surface area (Å²) in [5.41, 5.74) is 6.87. The van der Waals surface area contributed by atoms with E-state index in [4.69, 9.17) is 19.4 Å². The normalized spacial score (nSPS) is 18.3. The van der Waals surface area contributed by atoms with Crippen LogP contribution in [-0.2, 0) is 24.2 Å². The van der Waals surface area contributed by atoms with Gasteiger partial charge in [-0.25, -0.2) is 9.37 Å². The number of piperidine rings is 1. The van der Waals surface area contributed by atoms with Crippen molar-refractivity contribution in [1.29, 1.82) is 0 Å². The molecule has 3 aliphatic rings. The fourth-order valence-electron chi connectivity index (χ4n) is 6.11. The molecule has 2 fully saturated rings. The van der Waals surface area contributed by atoms with E-state index in [1.165, 1.54) is 43.4 Å². The number of aromatic nitrogens is 3. The Morgan fingerprint density at radius 2 is 1.92 bits per heavy atom. The lowest BCUT2D eigenvalue weighted by atomic mass is 10.0. The standard InChI is InChI=1S/C29H37FN6O2/c1-37-29-20(19-38-16-15-35-11-2-3-12-35)17-25-28(34-29)27(22-5-4-6-24(22)33-25)32-21-8-13-36(14-9-21)26-7-10-31-18-23(26)30/h7,10,17-18,21H,2-6,8-9,11-16,19H2,1H3,(H,32,33). The van der Waals surface area contributed by atoms with Crippen LogP contribution in [0.25, 0.3) is 11.0 Å². The number of rotatable bonds is 9. The fraction of sp³-hybridized carbons (Fsp3) is 0.552. The molecule has 0 spiro atoms. The average molecular weight is 521 g/mol. The van der Waals surface area contributed by atoms with Crippen LogP contribution < -0.4 is 15.0 Å². The Balaban J connectivity index is 1.19. The van der Waals surface area contributed by atoms with Gasteiger partial charge >= 0.3 is 0 Å². The van der Waals surface area contributed by atoms with Crippen LogP contribution in [0.1, 0.15) is 48.9 Å². The highest BCUT2D eigenvalue weighted by Crippen LogP contribution is 2.36. The SMILES string of the molecule is COc1nc2c(NC3CCN(c4ccncc4F)CC3)c3c(nc2cc1COCCN1CCCC1)CCC3. The first-order chi connectivity index (χ1) is 18.7. The lowest BCUT2D eigenvalue weighted by molar-refractivity contribution is 0.0975. The summed E-state index contributed by atoms with van der Waals surface area (Å²) in [7, 11) is 1.67. The van der Waals surface area contributed by atoms with Gasteiger partial charge in [-0.3, -0.25) is 9.97 Å². The predicted molar refractivity (Wildman–Crippen MR) is 146 cm³/mol. The lowest BCUT2D eigenvalue weighted by Gasteiger charge is -2.35. The van der Waals surface area contributed by atoms with Crippen LogP contribution in [0.5, 0.6) is 5.88 Å². The van der Waals surface area contributed by atoms with E-state index in [0.717, 1.165) is 74.0 Å². The van der Waals surface area contributed by atoms with E-state index >= 15 is 0 Å². The van der Waals surface area contributed by atoms with Gasteiger partial charge in [-0.05, 0) is 75.7 Å². The maximum absolute atomic E-state index is 14.3. The lowest BCUT2D eigenvalue weighted by Crippen LogP contribution is -2.39. The van der Waals surface area contributed by atoms with Gasteiger partial charge in [-0.2, -0.15) is 0 Å². The van der Waals surface area contributed by atoms with E-state index in [-0.39, 0.29) is 11.9 Å². The fourth-order valence-corrected chi connectivity index (χ4v) is 6.11. The van der Waals surface area contributed by atoms with Crippen molar-refractivity contribution in [2.75, 3.05) is 56.7 Å². The number of likely N-dealkylation sites (tertiary alicyclic amines) is 1. The zero-order valence-corrected chi connectivity index (χ0v) is 22.2. The molecule has 5 heterocycles. The van der Waals surface area contributed by atoms with Gasteiger partial charge in [-0.15, -0.1) is 0 Å². The zero-order valence-electron chi connectivity index (χ0n) is 22.2. The molecule has 0 amide bonds. The van der Waals surface area contributed by atoms with Gasteiger partial charge in [0.15, 0.2) is 5.82 Å². The smallest absolute Gasteiger partial charge is 0.219 e. The van der Waals surface area contributed by atoms with Gasteiger partial charge in [0.1, 0.15) is 5.52 Å². The van der Waals surface area contributed by atoms with Crippen molar-refractivity contribution in [1.82, 2.24) is 19.9 Å². The minimum Gasteiger partial charge on any atom is -0.481 e. The highest BCUT2D eigenvalue weighted by Gasteiger charge is 2.26. The van der Waals surface area contributed by atoms with Crippen molar-refractivity contribution in [3.8, 4) is 5.88 Å². The molecule has 6 rings (SSSR count). The third kappa shape index (κ3) is 5.27. The molecule has 202 valence electrons.